The largest absolute Gasteiger partial charge is 0.458 e. The highest BCUT2D eigenvalue weighted by Crippen LogP contribution is 2.23. The van der Waals surface area contributed by atoms with Crippen molar-refractivity contribution in [1.82, 2.24) is 15.3 Å². The van der Waals surface area contributed by atoms with Crippen LogP contribution in [0.3, 0.4) is 0 Å². The summed E-state index contributed by atoms with van der Waals surface area (Å²) in [4.78, 5) is 7.01. The average Bonchev–Trinajstić information content (AvgIpc) is 2.57. The molecule has 0 atom stereocenters. The molecule has 0 aliphatic carbocycles. The van der Waals surface area contributed by atoms with E-state index in [4.69, 9.17) is 4.74 Å². The van der Waals surface area contributed by atoms with Crippen molar-refractivity contribution in [2.45, 2.75) is 25.4 Å². The monoisotopic (exact) mass is 181 g/mol. The normalized spacial score (nSPS) is 21.3. The molecule has 0 unspecified atom stereocenters. The molecule has 1 aliphatic rings. The van der Waals surface area contributed by atoms with Crippen molar-refractivity contribution < 1.29 is 4.74 Å². The van der Waals surface area contributed by atoms with Crippen molar-refractivity contribution in [3.63, 3.8) is 0 Å². The number of hydrogen-bond acceptors (Lipinski definition) is 3. The number of nitrogens with one attached hydrogen (secondary N) is 2. The van der Waals surface area contributed by atoms with E-state index in [-0.39, 0.29) is 5.60 Å². The van der Waals surface area contributed by atoms with Gasteiger partial charge in [-0.2, -0.15) is 0 Å². The van der Waals surface area contributed by atoms with E-state index in [1.807, 2.05) is 0 Å². The molecule has 0 amide bonds. The van der Waals surface area contributed by atoms with Crippen LogP contribution in [0.5, 0.6) is 6.01 Å². The molecule has 1 aromatic heterocycles. The highest BCUT2D eigenvalue weighted by molar-refractivity contribution is 4.97. The van der Waals surface area contributed by atoms with E-state index < -0.39 is 0 Å². The van der Waals surface area contributed by atoms with Crippen molar-refractivity contribution in [2.75, 3.05) is 13.1 Å². The van der Waals surface area contributed by atoms with Crippen molar-refractivity contribution >= 4 is 0 Å². The number of aromatic amines is 1. The molecule has 1 fully saturated rings. The Bertz CT molecular complexity index is 252. The summed E-state index contributed by atoms with van der Waals surface area (Å²) in [5.41, 5.74) is -0.0525. The Morgan fingerprint density at radius 1 is 1.46 bits per heavy atom. The van der Waals surface area contributed by atoms with Crippen LogP contribution in [0.15, 0.2) is 12.4 Å². The molecule has 72 valence electrons. The number of imidazole rings is 1. The van der Waals surface area contributed by atoms with Gasteiger partial charge in [0.05, 0.1) is 0 Å². The van der Waals surface area contributed by atoms with E-state index in [2.05, 4.69) is 22.2 Å². The van der Waals surface area contributed by atoms with Gasteiger partial charge in [0.25, 0.3) is 6.01 Å². The molecule has 0 aromatic carbocycles. The average molecular weight is 181 g/mol. The first-order chi connectivity index (χ1) is 6.29. The maximum absolute atomic E-state index is 5.78. The Morgan fingerprint density at radius 3 is 2.85 bits per heavy atom. The van der Waals surface area contributed by atoms with Gasteiger partial charge in [-0.05, 0) is 32.9 Å². The molecule has 0 bridgehead atoms. The Kier molecular flexibility index (Phi) is 2.22. The highest BCUT2D eigenvalue weighted by atomic mass is 16.5. The Hall–Kier alpha value is -1.03. The van der Waals surface area contributed by atoms with Crippen molar-refractivity contribution in [2.24, 2.45) is 0 Å². The fourth-order valence-electron chi connectivity index (χ4n) is 1.60. The lowest BCUT2D eigenvalue weighted by Crippen LogP contribution is -2.44. The van der Waals surface area contributed by atoms with Crippen molar-refractivity contribution in [3.05, 3.63) is 12.4 Å². The maximum atomic E-state index is 5.78. The van der Waals surface area contributed by atoms with Gasteiger partial charge in [0.2, 0.25) is 0 Å². The molecular formula is C9H15N3O. The standard InChI is InChI=1S/C9H15N3O/c1-9(2-4-10-5-3-9)13-8-11-6-7-12-8/h6-7,10H,2-5H2,1H3,(H,11,12). The molecule has 0 spiro atoms. The third-order valence-corrected chi connectivity index (χ3v) is 2.48. The van der Waals surface area contributed by atoms with E-state index in [9.17, 15) is 0 Å². The Balaban J connectivity index is 1.99. The maximum Gasteiger partial charge on any atom is 0.294 e. The summed E-state index contributed by atoms with van der Waals surface area (Å²) in [5.74, 6) is 0. The lowest BCUT2D eigenvalue weighted by molar-refractivity contribution is 0.0466. The minimum absolute atomic E-state index is 0.0525. The molecule has 1 aliphatic heterocycles. The predicted octanol–water partition coefficient (Wildman–Crippen LogP) is 0.931. The van der Waals surface area contributed by atoms with Crippen LogP contribution in [0.1, 0.15) is 19.8 Å². The molecule has 2 rings (SSSR count). The molecule has 4 heteroatoms. The van der Waals surface area contributed by atoms with Crippen LogP contribution < -0.4 is 10.1 Å². The van der Waals surface area contributed by atoms with Gasteiger partial charge in [-0.15, -0.1) is 0 Å². The summed E-state index contributed by atoms with van der Waals surface area (Å²) in [6.45, 7) is 4.19. The zero-order valence-electron chi connectivity index (χ0n) is 7.84. The van der Waals surface area contributed by atoms with Gasteiger partial charge in [0, 0.05) is 12.4 Å². The first-order valence-electron chi connectivity index (χ1n) is 4.68. The van der Waals surface area contributed by atoms with Crippen LogP contribution in [0.25, 0.3) is 0 Å². The quantitative estimate of drug-likeness (QED) is 0.713. The predicted molar refractivity (Wildman–Crippen MR) is 49.7 cm³/mol. The van der Waals surface area contributed by atoms with Gasteiger partial charge in [0.1, 0.15) is 5.60 Å². The molecule has 1 aromatic rings. The number of H-pyrrole nitrogens is 1. The number of piperidine rings is 1. The second kappa shape index (κ2) is 3.38. The van der Waals surface area contributed by atoms with Gasteiger partial charge < -0.3 is 15.0 Å². The number of hydrogen-bond donors (Lipinski definition) is 2. The summed E-state index contributed by atoms with van der Waals surface area (Å²) in [7, 11) is 0. The van der Waals surface area contributed by atoms with Gasteiger partial charge >= 0.3 is 0 Å². The molecule has 2 heterocycles. The fraction of sp³-hybridized carbons (Fsp3) is 0.667. The fourth-order valence-corrected chi connectivity index (χ4v) is 1.60. The summed E-state index contributed by atoms with van der Waals surface area (Å²) in [6, 6.07) is 0.629. The summed E-state index contributed by atoms with van der Waals surface area (Å²) in [5, 5.41) is 3.31. The number of nitrogens with zero attached hydrogens (tertiary/aromatic N) is 1. The Labute approximate surface area is 77.7 Å². The minimum atomic E-state index is -0.0525. The lowest BCUT2D eigenvalue weighted by Gasteiger charge is -2.33. The number of ether oxygens (including phenoxy) is 1. The van der Waals surface area contributed by atoms with E-state index in [1.54, 1.807) is 12.4 Å². The molecule has 0 radical (unpaired) electrons. The highest BCUT2D eigenvalue weighted by Gasteiger charge is 2.29. The molecule has 2 N–H and O–H groups in total. The van der Waals surface area contributed by atoms with E-state index in [0.717, 1.165) is 25.9 Å². The Morgan fingerprint density at radius 2 is 2.23 bits per heavy atom. The van der Waals surface area contributed by atoms with Crippen LogP contribution in [-0.2, 0) is 0 Å². The van der Waals surface area contributed by atoms with Crippen molar-refractivity contribution in [1.29, 1.82) is 0 Å². The van der Waals surface area contributed by atoms with Crippen LogP contribution >= 0.6 is 0 Å². The molecule has 0 saturated carbocycles. The molecule has 1 saturated heterocycles. The minimum Gasteiger partial charge on any atom is -0.458 e. The van der Waals surface area contributed by atoms with E-state index in [1.165, 1.54) is 0 Å². The van der Waals surface area contributed by atoms with Crippen molar-refractivity contribution in [3.8, 4) is 6.01 Å². The first kappa shape index (κ1) is 8.56. The third kappa shape index (κ3) is 2.01. The van der Waals surface area contributed by atoms with Crippen LogP contribution in [0.2, 0.25) is 0 Å². The number of rotatable bonds is 2. The second-order valence-electron chi connectivity index (χ2n) is 3.70. The zero-order valence-corrected chi connectivity index (χ0v) is 7.84. The topological polar surface area (TPSA) is 49.9 Å². The van der Waals surface area contributed by atoms with Gasteiger partial charge in [-0.3, -0.25) is 0 Å². The summed E-state index contributed by atoms with van der Waals surface area (Å²) >= 11 is 0. The van der Waals surface area contributed by atoms with Crippen LogP contribution in [0, 0.1) is 0 Å². The molecule has 13 heavy (non-hydrogen) atoms. The van der Waals surface area contributed by atoms with Gasteiger partial charge in [0.15, 0.2) is 0 Å². The second-order valence-corrected chi connectivity index (χ2v) is 3.70. The van der Waals surface area contributed by atoms with Crippen LogP contribution in [-0.4, -0.2) is 28.7 Å². The lowest BCUT2D eigenvalue weighted by atomic mass is 9.95. The number of aromatic nitrogens is 2. The summed E-state index contributed by atoms with van der Waals surface area (Å²) in [6.07, 6.45) is 5.56. The third-order valence-electron chi connectivity index (χ3n) is 2.48. The van der Waals surface area contributed by atoms with Gasteiger partial charge in [-0.1, -0.05) is 0 Å². The van der Waals surface area contributed by atoms with E-state index in [0.29, 0.717) is 6.01 Å². The van der Waals surface area contributed by atoms with E-state index >= 15 is 0 Å². The molecule has 4 nitrogen and oxygen atoms in total. The zero-order chi connectivity index (χ0) is 9.15. The summed E-state index contributed by atoms with van der Waals surface area (Å²) < 4.78 is 5.78. The van der Waals surface area contributed by atoms with Crippen LogP contribution in [0.4, 0.5) is 0 Å². The SMILES string of the molecule is CC1(Oc2ncc[nH]2)CCNCC1. The first-order valence-corrected chi connectivity index (χ1v) is 4.68. The van der Waals surface area contributed by atoms with Gasteiger partial charge in [-0.25, -0.2) is 4.98 Å². The molecular weight excluding hydrogens is 166 g/mol. The smallest absolute Gasteiger partial charge is 0.294 e.